The van der Waals surface area contributed by atoms with Crippen LogP contribution in [0.1, 0.15) is 21.5 Å². The molecule has 2 aromatic carbocycles. The van der Waals surface area contributed by atoms with E-state index in [1.165, 1.54) is 0 Å². The van der Waals surface area contributed by atoms with E-state index in [4.69, 9.17) is 11.6 Å². The van der Waals surface area contributed by atoms with E-state index in [1.54, 1.807) is 36.4 Å². The van der Waals surface area contributed by atoms with Crippen molar-refractivity contribution >= 4 is 34.2 Å². The summed E-state index contributed by atoms with van der Waals surface area (Å²) in [5.74, 6) is 0.464. The Hall–Kier alpha value is -3.10. The molecule has 0 unspecified atom stereocenters. The number of nitrogens with zero attached hydrogens (tertiary/aromatic N) is 2. The second-order valence-corrected chi connectivity index (χ2v) is 6.31. The van der Waals surface area contributed by atoms with Crippen LogP contribution in [0.3, 0.4) is 0 Å². The molecule has 6 heteroatoms. The van der Waals surface area contributed by atoms with Crippen LogP contribution in [0, 0.1) is 18.3 Å². The fourth-order valence-corrected chi connectivity index (χ4v) is 2.73. The van der Waals surface area contributed by atoms with Gasteiger partial charge in [-0.2, -0.15) is 5.26 Å². The molecule has 2 N–H and O–H groups in total. The van der Waals surface area contributed by atoms with Gasteiger partial charge in [0.05, 0.1) is 17.1 Å². The highest BCUT2D eigenvalue weighted by Gasteiger charge is 2.07. The van der Waals surface area contributed by atoms with Gasteiger partial charge in [-0.05, 0) is 43.3 Å². The third-order valence-electron chi connectivity index (χ3n) is 3.92. The minimum atomic E-state index is -0.120. The monoisotopic (exact) mass is 364 g/mol. The van der Waals surface area contributed by atoms with Gasteiger partial charge in [0.2, 0.25) is 0 Å². The number of hydrogen-bond acceptors (Lipinski definition) is 4. The molecule has 0 aliphatic rings. The number of fused-ring (bicyclic) bond motifs is 1. The number of nitrogens with one attached hydrogen (secondary N) is 2. The quantitative estimate of drug-likeness (QED) is 0.673. The normalized spacial score (nSPS) is 10.3. The highest BCUT2D eigenvalue weighted by molar-refractivity contribution is 6.31. The van der Waals surface area contributed by atoms with Crippen LogP contribution in [0.4, 0.5) is 5.82 Å². The van der Waals surface area contributed by atoms with Crippen LogP contribution >= 0.6 is 11.6 Å². The van der Waals surface area contributed by atoms with E-state index in [9.17, 15) is 10.1 Å². The highest BCUT2D eigenvalue weighted by Crippen LogP contribution is 2.23. The van der Waals surface area contributed by atoms with E-state index in [0.717, 1.165) is 10.9 Å². The van der Waals surface area contributed by atoms with Gasteiger partial charge in [-0.25, -0.2) is 4.98 Å². The van der Waals surface area contributed by atoms with Crippen molar-refractivity contribution in [1.82, 2.24) is 10.3 Å². The third kappa shape index (κ3) is 4.11. The molecule has 0 aliphatic heterocycles. The van der Waals surface area contributed by atoms with Gasteiger partial charge >= 0.3 is 0 Å². The predicted molar refractivity (Wildman–Crippen MR) is 103 cm³/mol. The first kappa shape index (κ1) is 17.7. The SMILES string of the molecule is Cc1ccc(C(=O)NCCNc2cc(C#N)c3cc(Cl)ccc3n2)cc1. The number of amides is 1. The number of anilines is 1. The third-order valence-corrected chi connectivity index (χ3v) is 4.16. The van der Waals surface area contributed by atoms with Gasteiger partial charge in [0, 0.05) is 29.1 Å². The zero-order valence-corrected chi connectivity index (χ0v) is 15.0. The van der Waals surface area contributed by atoms with Gasteiger partial charge in [0.25, 0.3) is 5.91 Å². The fourth-order valence-electron chi connectivity index (χ4n) is 2.55. The molecule has 0 saturated carbocycles. The maximum absolute atomic E-state index is 12.1. The van der Waals surface area contributed by atoms with Crippen LogP contribution in [0.15, 0.2) is 48.5 Å². The van der Waals surface area contributed by atoms with Gasteiger partial charge < -0.3 is 10.6 Å². The van der Waals surface area contributed by atoms with Crippen molar-refractivity contribution in [2.45, 2.75) is 6.92 Å². The number of rotatable bonds is 5. The molecule has 26 heavy (non-hydrogen) atoms. The van der Waals surface area contributed by atoms with Gasteiger partial charge in [-0.15, -0.1) is 0 Å². The van der Waals surface area contributed by atoms with Crippen molar-refractivity contribution in [2.24, 2.45) is 0 Å². The Labute approximate surface area is 156 Å². The summed E-state index contributed by atoms with van der Waals surface area (Å²) in [6.07, 6.45) is 0. The van der Waals surface area contributed by atoms with E-state index in [2.05, 4.69) is 21.7 Å². The Balaban J connectivity index is 1.61. The topological polar surface area (TPSA) is 77.8 Å². The second-order valence-electron chi connectivity index (χ2n) is 5.88. The molecule has 1 aromatic heterocycles. The van der Waals surface area contributed by atoms with Crippen LogP contribution in [0.5, 0.6) is 0 Å². The standard InChI is InChI=1S/C20H17ClN4O/c1-13-2-4-14(5-3-13)20(26)24-9-8-23-19-10-15(12-22)17-11-16(21)6-7-18(17)25-19/h2-7,10-11H,8-9H2,1H3,(H,23,25)(H,24,26). The molecule has 0 bridgehead atoms. The van der Waals surface area contributed by atoms with Gasteiger partial charge in [0.15, 0.2) is 0 Å². The van der Waals surface area contributed by atoms with Crippen LogP contribution in [-0.4, -0.2) is 24.0 Å². The van der Waals surface area contributed by atoms with Crippen molar-refractivity contribution in [3.8, 4) is 6.07 Å². The lowest BCUT2D eigenvalue weighted by atomic mass is 10.1. The first-order valence-electron chi connectivity index (χ1n) is 8.16. The smallest absolute Gasteiger partial charge is 0.251 e. The minimum absolute atomic E-state index is 0.120. The lowest BCUT2D eigenvalue weighted by molar-refractivity contribution is 0.0955. The van der Waals surface area contributed by atoms with Crippen LogP contribution < -0.4 is 10.6 Å². The molecule has 1 heterocycles. The average Bonchev–Trinajstić information content (AvgIpc) is 2.65. The van der Waals surface area contributed by atoms with Gasteiger partial charge in [-0.3, -0.25) is 4.79 Å². The Kier molecular flexibility index (Phi) is 5.35. The van der Waals surface area contributed by atoms with Gasteiger partial charge in [0.1, 0.15) is 5.82 Å². The van der Waals surface area contributed by atoms with E-state index in [1.807, 2.05) is 19.1 Å². The average molecular weight is 365 g/mol. The Morgan fingerprint density at radius 1 is 1.15 bits per heavy atom. The fraction of sp³-hybridized carbons (Fsp3) is 0.150. The first-order valence-corrected chi connectivity index (χ1v) is 8.54. The number of pyridine rings is 1. The van der Waals surface area contributed by atoms with Crippen LogP contribution in [0.2, 0.25) is 5.02 Å². The molecule has 5 nitrogen and oxygen atoms in total. The van der Waals surface area contributed by atoms with Crippen molar-refractivity contribution in [1.29, 1.82) is 5.26 Å². The first-order chi connectivity index (χ1) is 12.6. The number of aryl methyl sites for hydroxylation is 1. The molecular formula is C20H17ClN4O. The van der Waals surface area contributed by atoms with Crippen molar-refractivity contribution < 1.29 is 4.79 Å². The molecule has 1 amide bonds. The zero-order chi connectivity index (χ0) is 18.5. The number of aromatic nitrogens is 1. The maximum atomic E-state index is 12.1. The summed E-state index contributed by atoms with van der Waals surface area (Å²) in [7, 11) is 0. The second kappa shape index (κ2) is 7.85. The highest BCUT2D eigenvalue weighted by atomic mass is 35.5. The molecule has 130 valence electrons. The van der Waals surface area contributed by atoms with Crippen LogP contribution in [-0.2, 0) is 0 Å². The number of carbonyl (C=O) groups excluding carboxylic acids is 1. The molecule has 0 radical (unpaired) electrons. The lowest BCUT2D eigenvalue weighted by Crippen LogP contribution is -2.28. The Morgan fingerprint density at radius 3 is 2.65 bits per heavy atom. The summed E-state index contributed by atoms with van der Waals surface area (Å²) in [4.78, 5) is 16.5. The van der Waals surface area contributed by atoms with E-state index < -0.39 is 0 Å². The summed E-state index contributed by atoms with van der Waals surface area (Å²) in [6.45, 7) is 2.91. The van der Waals surface area contributed by atoms with Crippen LogP contribution in [0.25, 0.3) is 10.9 Å². The number of benzene rings is 2. The molecule has 0 spiro atoms. The number of carbonyl (C=O) groups is 1. The molecule has 0 saturated heterocycles. The Morgan fingerprint density at radius 2 is 1.92 bits per heavy atom. The molecule has 0 aliphatic carbocycles. The number of halogens is 1. The predicted octanol–water partition coefficient (Wildman–Crippen LogP) is 3.91. The van der Waals surface area contributed by atoms with E-state index in [-0.39, 0.29) is 5.91 Å². The summed E-state index contributed by atoms with van der Waals surface area (Å²) >= 11 is 5.99. The molecular weight excluding hydrogens is 348 g/mol. The van der Waals surface area contributed by atoms with Crippen molar-refractivity contribution in [2.75, 3.05) is 18.4 Å². The number of hydrogen-bond donors (Lipinski definition) is 2. The zero-order valence-electron chi connectivity index (χ0n) is 14.2. The summed E-state index contributed by atoms with van der Waals surface area (Å²) in [6, 6.07) is 16.5. The maximum Gasteiger partial charge on any atom is 0.251 e. The molecule has 3 aromatic rings. The van der Waals surface area contributed by atoms with Gasteiger partial charge in [-0.1, -0.05) is 29.3 Å². The summed E-state index contributed by atoms with van der Waals surface area (Å²) < 4.78 is 0. The van der Waals surface area contributed by atoms with E-state index >= 15 is 0 Å². The molecule has 3 rings (SSSR count). The van der Waals surface area contributed by atoms with E-state index in [0.29, 0.717) is 40.6 Å². The van der Waals surface area contributed by atoms with Crippen molar-refractivity contribution in [3.63, 3.8) is 0 Å². The molecule has 0 fully saturated rings. The summed E-state index contributed by atoms with van der Waals surface area (Å²) in [5, 5.41) is 16.6. The largest absolute Gasteiger partial charge is 0.368 e. The Bertz CT molecular complexity index is 993. The summed E-state index contributed by atoms with van der Waals surface area (Å²) in [5.41, 5.74) is 2.94. The molecule has 0 atom stereocenters. The van der Waals surface area contributed by atoms with Crippen molar-refractivity contribution in [3.05, 3.63) is 70.2 Å². The minimum Gasteiger partial charge on any atom is -0.368 e. The number of nitriles is 1. The lowest BCUT2D eigenvalue weighted by Gasteiger charge is -2.09.